The number of para-hydroxylation sites is 1. The van der Waals surface area contributed by atoms with E-state index in [0.29, 0.717) is 13.1 Å². The summed E-state index contributed by atoms with van der Waals surface area (Å²) in [7, 11) is 0. The number of hydrogen-bond acceptors (Lipinski definition) is 4. The van der Waals surface area contributed by atoms with E-state index in [-0.39, 0.29) is 12.5 Å². The fourth-order valence-electron chi connectivity index (χ4n) is 2.38. The van der Waals surface area contributed by atoms with E-state index >= 15 is 0 Å². The normalized spacial score (nSPS) is 10.5. The number of ether oxygens (including phenoxy) is 1. The van der Waals surface area contributed by atoms with Crippen LogP contribution in [-0.2, 0) is 17.9 Å². The highest BCUT2D eigenvalue weighted by Gasteiger charge is 2.17. The van der Waals surface area contributed by atoms with Gasteiger partial charge in [-0.1, -0.05) is 18.2 Å². The average Bonchev–Trinajstić information content (AvgIpc) is 3.27. The standard InChI is InChI=1S/C19H19NO3S/c1-15-5-2-3-7-18(15)23-13-19(21)20(11-16-8-10-24-14-16)12-17-6-4-9-22-17/h2-10,14H,11-13H2,1H3. The highest BCUT2D eigenvalue weighted by Crippen LogP contribution is 2.17. The molecule has 0 aliphatic rings. The molecule has 3 rings (SSSR count). The Kier molecular flexibility index (Phi) is 5.33. The first-order valence-corrected chi connectivity index (χ1v) is 8.66. The largest absolute Gasteiger partial charge is 0.484 e. The fourth-order valence-corrected chi connectivity index (χ4v) is 3.03. The van der Waals surface area contributed by atoms with Crippen molar-refractivity contribution < 1.29 is 13.9 Å². The lowest BCUT2D eigenvalue weighted by molar-refractivity contribution is -0.134. The van der Waals surface area contributed by atoms with Gasteiger partial charge in [0.2, 0.25) is 0 Å². The second-order valence-corrected chi connectivity index (χ2v) is 6.29. The Labute approximate surface area is 145 Å². The maximum Gasteiger partial charge on any atom is 0.261 e. The fraction of sp³-hybridized carbons (Fsp3) is 0.211. The molecule has 1 amide bonds. The summed E-state index contributed by atoms with van der Waals surface area (Å²) in [6.45, 7) is 2.94. The molecule has 0 radical (unpaired) electrons. The predicted molar refractivity (Wildman–Crippen MR) is 94.0 cm³/mol. The van der Waals surface area contributed by atoms with Crippen LogP contribution in [0.15, 0.2) is 63.9 Å². The lowest BCUT2D eigenvalue weighted by atomic mass is 10.2. The van der Waals surface area contributed by atoms with Crippen LogP contribution in [0.5, 0.6) is 5.75 Å². The van der Waals surface area contributed by atoms with Gasteiger partial charge in [0.15, 0.2) is 6.61 Å². The number of rotatable bonds is 7. The van der Waals surface area contributed by atoms with Crippen LogP contribution in [0.2, 0.25) is 0 Å². The molecule has 124 valence electrons. The minimum Gasteiger partial charge on any atom is -0.484 e. The van der Waals surface area contributed by atoms with Crippen molar-refractivity contribution >= 4 is 17.2 Å². The number of furan rings is 1. The minimum absolute atomic E-state index is 0.00962. The molecule has 0 spiro atoms. The first kappa shape index (κ1) is 16.3. The van der Waals surface area contributed by atoms with E-state index in [1.165, 1.54) is 0 Å². The van der Waals surface area contributed by atoms with Crippen molar-refractivity contribution in [3.8, 4) is 5.75 Å². The number of nitrogens with zero attached hydrogens (tertiary/aromatic N) is 1. The molecule has 2 heterocycles. The van der Waals surface area contributed by atoms with Crippen LogP contribution in [0.25, 0.3) is 0 Å². The Hall–Kier alpha value is -2.53. The van der Waals surface area contributed by atoms with Gasteiger partial charge < -0.3 is 14.1 Å². The highest BCUT2D eigenvalue weighted by molar-refractivity contribution is 7.07. The molecule has 0 unspecified atom stereocenters. The molecule has 24 heavy (non-hydrogen) atoms. The summed E-state index contributed by atoms with van der Waals surface area (Å²) in [5.41, 5.74) is 2.12. The molecule has 5 heteroatoms. The Bertz CT molecular complexity index is 730. The molecule has 0 fully saturated rings. The highest BCUT2D eigenvalue weighted by atomic mass is 32.1. The van der Waals surface area contributed by atoms with Crippen LogP contribution in [0, 0.1) is 6.92 Å². The van der Waals surface area contributed by atoms with Crippen LogP contribution in [-0.4, -0.2) is 17.4 Å². The molecular weight excluding hydrogens is 322 g/mol. The van der Waals surface area contributed by atoms with Crippen molar-refractivity contribution in [3.63, 3.8) is 0 Å². The monoisotopic (exact) mass is 341 g/mol. The van der Waals surface area contributed by atoms with Crippen molar-refractivity contribution in [3.05, 3.63) is 76.4 Å². The third-order valence-electron chi connectivity index (χ3n) is 3.68. The van der Waals surface area contributed by atoms with E-state index in [4.69, 9.17) is 9.15 Å². The number of hydrogen-bond donors (Lipinski definition) is 0. The van der Waals surface area contributed by atoms with Gasteiger partial charge in [-0.05, 0) is 53.1 Å². The maximum absolute atomic E-state index is 12.6. The summed E-state index contributed by atoms with van der Waals surface area (Å²) >= 11 is 1.62. The Morgan fingerprint density at radius 1 is 1.17 bits per heavy atom. The Balaban J connectivity index is 1.67. The molecule has 0 saturated carbocycles. The smallest absolute Gasteiger partial charge is 0.261 e. The zero-order valence-electron chi connectivity index (χ0n) is 13.5. The Morgan fingerprint density at radius 2 is 2.04 bits per heavy atom. The van der Waals surface area contributed by atoms with Gasteiger partial charge >= 0.3 is 0 Å². The molecule has 0 aliphatic heterocycles. The predicted octanol–water partition coefficient (Wildman–Crippen LogP) is 4.26. The number of benzene rings is 1. The van der Waals surface area contributed by atoms with Gasteiger partial charge in [-0.3, -0.25) is 4.79 Å². The second-order valence-electron chi connectivity index (χ2n) is 5.51. The van der Waals surface area contributed by atoms with Gasteiger partial charge in [0, 0.05) is 6.54 Å². The molecular formula is C19H19NO3S. The van der Waals surface area contributed by atoms with Gasteiger partial charge in [-0.2, -0.15) is 11.3 Å². The second kappa shape index (κ2) is 7.84. The zero-order valence-corrected chi connectivity index (χ0v) is 14.3. The third kappa shape index (κ3) is 4.26. The van der Waals surface area contributed by atoms with Gasteiger partial charge in [-0.15, -0.1) is 0 Å². The van der Waals surface area contributed by atoms with E-state index in [1.807, 2.05) is 60.1 Å². The zero-order chi connectivity index (χ0) is 16.8. The molecule has 0 aliphatic carbocycles. The SMILES string of the molecule is Cc1ccccc1OCC(=O)N(Cc1ccsc1)Cc1ccco1. The minimum atomic E-state index is -0.0687. The van der Waals surface area contributed by atoms with Gasteiger partial charge in [-0.25, -0.2) is 0 Å². The summed E-state index contributed by atoms with van der Waals surface area (Å²) in [6.07, 6.45) is 1.62. The van der Waals surface area contributed by atoms with Crippen molar-refractivity contribution in [1.29, 1.82) is 0 Å². The average molecular weight is 341 g/mol. The summed E-state index contributed by atoms with van der Waals surface area (Å²) in [4.78, 5) is 14.4. The molecule has 0 atom stereocenters. The van der Waals surface area contributed by atoms with Gasteiger partial charge in [0.25, 0.3) is 5.91 Å². The summed E-state index contributed by atoms with van der Waals surface area (Å²) in [5.74, 6) is 1.43. The van der Waals surface area contributed by atoms with Crippen LogP contribution >= 0.6 is 11.3 Å². The van der Waals surface area contributed by atoms with E-state index in [2.05, 4.69) is 0 Å². The van der Waals surface area contributed by atoms with Crippen LogP contribution in [0.1, 0.15) is 16.9 Å². The van der Waals surface area contributed by atoms with Crippen molar-refractivity contribution in [2.75, 3.05) is 6.61 Å². The number of carbonyl (C=O) groups is 1. The number of amides is 1. The quantitative estimate of drug-likeness (QED) is 0.645. The molecule has 0 saturated heterocycles. The first-order chi connectivity index (χ1) is 11.7. The van der Waals surface area contributed by atoms with E-state index in [9.17, 15) is 4.79 Å². The number of aryl methyl sites for hydroxylation is 1. The molecule has 4 nitrogen and oxygen atoms in total. The third-order valence-corrected chi connectivity index (χ3v) is 4.41. The Morgan fingerprint density at radius 3 is 2.75 bits per heavy atom. The molecule has 1 aromatic carbocycles. The molecule has 0 N–H and O–H groups in total. The van der Waals surface area contributed by atoms with E-state index in [1.54, 1.807) is 22.5 Å². The summed E-state index contributed by atoms with van der Waals surface area (Å²) < 4.78 is 11.1. The van der Waals surface area contributed by atoms with Crippen molar-refractivity contribution in [1.82, 2.24) is 4.90 Å². The molecule has 3 aromatic rings. The lowest BCUT2D eigenvalue weighted by Crippen LogP contribution is -2.34. The van der Waals surface area contributed by atoms with Crippen LogP contribution in [0.3, 0.4) is 0 Å². The van der Waals surface area contributed by atoms with Gasteiger partial charge in [0.1, 0.15) is 11.5 Å². The maximum atomic E-state index is 12.6. The number of thiophene rings is 1. The summed E-state index contributed by atoms with van der Waals surface area (Å²) in [6, 6.07) is 13.4. The van der Waals surface area contributed by atoms with Crippen LogP contribution < -0.4 is 4.74 Å². The number of carbonyl (C=O) groups excluding carboxylic acids is 1. The van der Waals surface area contributed by atoms with E-state index < -0.39 is 0 Å². The van der Waals surface area contributed by atoms with Gasteiger partial charge in [0.05, 0.1) is 12.8 Å². The topological polar surface area (TPSA) is 42.7 Å². The molecule has 2 aromatic heterocycles. The van der Waals surface area contributed by atoms with E-state index in [0.717, 1.165) is 22.6 Å². The van der Waals surface area contributed by atoms with Crippen LogP contribution in [0.4, 0.5) is 0 Å². The molecule has 0 bridgehead atoms. The summed E-state index contributed by atoms with van der Waals surface area (Å²) in [5, 5.41) is 4.05. The van der Waals surface area contributed by atoms with Crippen molar-refractivity contribution in [2.45, 2.75) is 20.0 Å². The first-order valence-electron chi connectivity index (χ1n) is 7.72. The lowest BCUT2D eigenvalue weighted by Gasteiger charge is -2.21. The van der Waals surface area contributed by atoms with Crippen molar-refractivity contribution in [2.24, 2.45) is 0 Å².